The van der Waals surface area contributed by atoms with E-state index in [-0.39, 0.29) is 5.91 Å². The van der Waals surface area contributed by atoms with Crippen molar-refractivity contribution in [2.75, 3.05) is 12.4 Å². The lowest BCUT2D eigenvalue weighted by Gasteiger charge is -2.08. The minimum atomic E-state index is -0.437. The Labute approximate surface area is 192 Å². The van der Waals surface area contributed by atoms with Gasteiger partial charge in [0.15, 0.2) is 0 Å². The quantitative estimate of drug-likeness (QED) is 0.228. The number of carbonyl (C=O) groups is 2. The number of rotatable bonds is 13. The van der Waals surface area contributed by atoms with E-state index < -0.39 is 5.97 Å². The molecule has 2 aromatic rings. The normalized spacial score (nSPS) is 10.8. The van der Waals surface area contributed by atoms with Crippen molar-refractivity contribution in [3.05, 3.63) is 39.7 Å². The number of anilines is 1. The summed E-state index contributed by atoms with van der Waals surface area (Å²) in [7, 11) is 1.36. The van der Waals surface area contributed by atoms with Crippen molar-refractivity contribution in [2.24, 2.45) is 0 Å². The fraction of sp³-hybridized carbons (Fsp3) is 0.500. The van der Waals surface area contributed by atoms with Crippen LogP contribution >= 0.6 is 27.3 Å². The Morgan fingerprint density at radius 2 is 1.57 bits per heavy atom. The highest BCUT2D eigenvalue weighted by molar-refractivity contribution is 9.10. The van der Waals surface area contributed by atoms with Crippen molar-refractivity contribution in [3.63, 3.8) is 0 Å². The minimum Gasteiger partial charge on any atom is -0.465 e. The minimum absolute atomic E-state index is 0.0488. The number of thiophene rings is 1. The maximum Gasteiger partial charge on any atom is 0.341 e. The third-order valence-corrected chi connectivity index (χ3v) is 6.52. The monoisotopic (exact) mass is 493 g/mol. The van der Waals surface area contributed by atoms with Gasteiger partial charge in [-0.25, -0.2) is 4.79 Å². The number of amides is 1. The van der Waals surface area contributed by atoms with Gasteiger partial charge in [0.1, 0.15) is 10.6 Å². The van der Waals surface area contributed by atoms with Crippen LogP contribution in [-0.2, 0) is 9.53 Å². The molecule has 0 saturated carbocycles. The Kier molecular flexibility index (Phi) is 11.2. The smallest absolute Gasteiger partial charge is 0.341 e. The maximum atomic E-state index is 12.4. The molecule has 4 nitrogen and oxygen atoms in total. The first kappa shape index (κ1) is 24.6. The van der Waals surface area contributed by atoms with Crippen molar-refractivity contribution >= 4 is 44.1 Å². The second kappa shape index (κ2) is 13.6. The molecular formula is C24H32BrNO3S. The van der Waals surface area contributed by atoms with Gasteiger partial charge in [-0.1, -0.05) is 86.4 Å². The average molecular weight is 494 g/mol. The molecule has 1 heterocycles. The average Bonchev–Trinajstić information content (AvgIpc) is 3.15. The molecule has 6 heteroatoms. The molecule has 1 amide bonds. The zero-order valence-corrected chi connectivity index (χ0v) is 20.4. The van der Waals surface area contributed by atoms with Gasteiger partial charge in [-0.15, -0.1) is 11.3 Å². The van der Waals surface area contributed by atoms with Crippen LogP contribution in [0.15, 0.2) is 34.1 Å². The van der Waals surface area contributed by atoms with Crippen LogP contribution in [0.1, 0.15) is 81.5 Å². The van der Waals surface area contributed by atoms with Gasteiger partial charge in [-0.2, -0.15) is 0 Å². The van der Waals surface area contributed by atoms with Crippen LogP contribution in [-0.4, -0.2) is 19.0 Å². The molecule has 1 aromatic heterocycles. The highest BCUT2D eigenvalue weighted by atomic mass is 79.9. The second-order valence-corrected chi connectivity index (χ2v) is 9.27. The van der Waals surface area contributed by atoms with Gasteiger partial charge < -0.3 is 10.1 Å². The van der Waals surface area contributed by atoms with Crippen LogP contribution in [0.2, 0.25) is 0 Å². The molecule has 0 fully saturated rings. The van der Waals surface area contributed by atoms with E-state index in [4.69, 9.17) is 4.74 Å². The summed E-state index contributed by atoms with van der Waals surface area (Å²) in [5, 5.41) is 5.37. The fourth-order valence-corrected chi connectivity index (χ4v) is 4.62. The molecule has 1 N–H and O–H groups in total. The van der Waals surface area contributed by atoms with Gasteiger partial charge in [0.05, 0.1) is 7.11 Å². The van der Waals surface area contributed by atoms with E-state index in [2.05, 4.69) is 28.2 Å². The third-order valence-electron chi connectivity index (χ3n) is 5.10. The van der Waals surface area contributed by atoms with Gasteiger partial charge in [0.25, 0.3) is 0 Å². The number of carbonyl (C=O) groups excluding carboxylic acids is 2. The SMILES string of the molecule is CCCCCCCCCCCC(=O)Nc1scc(-c2ccc(Br)cc2)c1C(=O)OC. The van der Waals surface area contributed by atoms with Crippen LogP contribution in [0.25, 0.3) is 11.1 Å². The Morgan fingerprint density at radius 1 is 0.967 bits per heavy atom. The van der Waals surface area contributed by atoms with Crippen molar-refractivity contribution in [3.8, 4) is 11.1 Å². The first-order valence-electron chi connectivity index (χ1n) is 10.8. The first-order valence-corrected chi connectivity index (χ1v) is 12.5. The van der Waals surface area contributed by atoms with E-state index >= 15 is 0 Å². The maximum absolute atomic E-state index is 12.4. The molecule has 0 aliphatic carbocycles. The molecular weight excluding hydrogens is 462 g/mol. The van der Waals surface area contributed by atoms with Gasteiger partial charge in [-0.3, -0.25) is 4.79 Å². The van der Waals surface area contributed by atoms with Crippen LogP contribution in [0.3, 0.4) is 0 Å². The number of esters is 1. The second-order valence-electron chi connectivity index (χ2n) is 7.48. The number of halogens is 1. The molecule has 0 unspecified atom stereocenters. The summed E-state index contributed by atoms with van der Waals surface area (Å²) in [6.07, 6.45) is 11.4. The van der Waals surface area contributed by atoms with E-state index in [1.54, 1.807) is 0 Å². The van der Waals surface area contributed by atoms with Gasteiger partial charge in [0.2, 0.25) is 5.91 Å². The molecule has 164 valence electrons. The molecule has 0 aliphatic rings. The summed E-state index contributed by atoms with van der Waals surface area (Å²) >= 11 is 4.78. The first-order chi connectivity index (χ1) is 14.6. The molecule has 0 atom stereocenters. The molecule has 1 aromatic carbocycles. The summed E-state index contributed by atoms with van der Waals surface area (Å²) < 4.78 is 5.94. The molecule has 2 rings (SSSR count). The summed E-state index contributed by atoms with van der Waals surface area (Å²) in [5.74, 6) is -0.486. The van der Waals surface area contributed by atoms with E-state index in [0.29, 0.717) is 17.0 Å². The van der Waals surface area contributed by atoms with Crippen molar-refractivity contribution in [1.82, 2.24) is 0 Å². The Balaban J connectivity index is 1.86. The van der Waals surface area contributed by atoms with Crippen LogP contribution in [0.5, 0.6) is 0 Å². The zero-order chi connectivity index (χ0) is 21.8. The third kappa shape index (κ3) is 7.88. The lowest BCUT2D eigenvalue weighted by molar-refractivity contribution is -0.116. The van der Waals surface area contributed by atoms with Gasteiger partial charge in [-0.05, 0) is 24.1 Å². The number of hydrogen-bond donors (Lipinski definition) is 1. The standard InChI is InChI=1S/C24H32BrNO3S/c1-3-4-5-6-7-8-9-10-11-12-21(27)26-23-22(24(28)29-2)20(17-30-23)18-13-15-19(25)16-14-18/h13-17H,3-12H2,1-2H3,(H,26,27). The lowest BCUT2D eigenvalue weighted by Crippen LogP contribution is -2.13. The molecule has 0 spiro atoms. The summed E-state index contributed by atoms with van der Waals surface area (Å²) in [6.45, 7) is 2.23. The summed E-state index contributed by atoms with van der Waals surface area (Å²) in [5.41, 5.74) is 2.11. The largest absolute Gasteiger partial charge is 0.465 e. The molecule has 0 saturated heterocycles. The Bertz CT molecular complexity index is 801. The number of methoxy groups -OCH3 is 1. The van der Waals surface area contributed by atoms with E-state index in [0.717, 1.165) is 28.4 Å². The van der Waals surface area contributed by atoms with Crippen LogP contribution in [0, 0.1) is 0 Å². The predicted octanol–water partition coefficient (Wildman–Crippen LogP) is 7.82. The number of ether oxygens (including phenoxy) is 1. The molecule has 0 bridgehead atoms. The number of unbranched alkanes of at least 4 members (excludes halogenated alkanes) is 8. The zero-order valence-electron chi connectivity index (χ0n) is 18.0. The molecule has 0 radical (unpaired) electrons. The summed E-state index contributed by atoms with van der Waals surface area (Å²) in [4.78, 5) is 24.8. The fourth-order valence-electron chi connectivity index (χ4n) is 3.38. The highest BCUT2D eigenvalue weighted by Gasteiger charge is 2.22. The molecule has 30 heavy (non-hydrogen) atoms. The van der Waals surface area contributed by atoms with E-state index in [9.17, 15) is 9.59 Å². The van der Waals surface area contributed by atoms with Crippen molar-refractivity contribution < 1.29 is 14.3 Å². The summed E-state index contributed by atoms with van der Waals surface area (Å²) in [6, 6.07) is 7.73. The van der Waals surface area contributed by atoms with Crippen LogP contribution < -0.4 is 5.32 Å². The Hall–Kier alpha value is -1.66. The van der Waals surface area contributed by atoms with E-state index in [1.807, 2.05) is 29.6 Å². The number of benzene rings is 1. The van der Waals surface area contributed by atoms with Crippen molar-refractivity contribution in [1.29, 1.82) is 0 Å². The van der Waals surface area contributed by atoms with Gasteiger partial charge in [0, 0.05) is 21.8 Å². The van der Waals surface area contributed by atoms with Gasteiger partial charge >= 0.3 is 5.97 Å². The number of hydrogen-bond acceptors (Lipinski definition) is 4. The highest BCUT2D eigenvalue weighted by Crippen LogP contribution is 2.36. The number of nitrogens with one attached hydrogen (secondary N) is 1. The topological polar surface area (TPSA) is 55.4 Å². The lowest BCUT2D eigenvalue weighted by atomic mass is 10.0. The van der Waals surface area contributed by atoms with E-state index in [1.165, 1.54) is 63.4 Å². The van der Waals surface area contributed by atoms with Crippen LogP contribution in [0.4, 0.5) is 5.00 Å². The Morgan fingerprint density at radius 3 is 2.17 bits per heavy atom. The van der Waals surface area contributed by atoms with Crippen molar-refractivity contribution in [2.45, 2.75) is 71.1 Å². The predicted molar refractivity (Wildman–Crippen MR) is 129 cm³/mol. The molecule has 0 aliphatic heterocycles.